The average molecular weight is 206 g/mol. The lowest BCUT2D eigenvalue weighted by Crippen LogP contribution is -2.10. The summed E-state index contributed by atoms with van der Waals surface area (Å²) >= 11 is 0. The first-order chi connectivity index (χ1) is 7.11. The number of carbonyl (C=O) groups is 1. The van der Waals surface area contributed by atoms with Gasteiger partial charge in [0.25, 0.3) is 0 Å². The zero-order valence-electron chi connectivity index (χ0n) is 8.39. The third kappa shape index (κ3) is 1.50. The van der Waals surface area contributed by atoms with E-state index in [1.54, 1.807) is 19.1 Å². The molecule has 0 bridgehead atoms. The molecule has 2 aromatic heterocycles. The Morgan fingerprint density at radius 1 is 1.53 bits per heavy atom. The molecular weight excluding hydrogens is 196 g/mol. The molecule has 0 spiro atoms. The van der Waals surface area contributed by atoms with E-state index in [2.05, 4.69) is 14.8 Å². The van der Waals surface area contributed by atoms with Crippen LogP contribution in [0.25, 0.3) is 5.65 Å². The van der Waals surface area contributed by atoms with Gasteiger partial charge in [0.05, 0.1) is 7.11 Å². The lowest BCUT2D eigenvalue weighted by atomic mass is 10.3. The van der Waals surface area contributed by atoms with Crippen LogP contribution in [-0.2, 0) is 4.74 Å². The summed E-state index contributed by atoms with van der Waals surface area (Å²) in [7, 11) is 1.32. The molecule has 6 nitrogen and oxygen atoms in total. The topological polar surface area (TPSA) is 82.5 Å². The number of nitrogens with two attached hydrogens (primary N) is 1. The van der Waals surface area contributed by atoms with Crippen LogP contribution in [0.3, 0.4) is 0 Å². The van der Waals surface area contributed by atoms with Gasteiger partial charge in [-0.05, 0) is 13.0 Å². The van der Waals surface area contributed by atoms with E-state index in [1.807, 2.05) is 0 Å². The van der Waals surface area contributed by atoms with E-state index in [0.717, 1.165) is 0 Å². The van der Waals surface area contributed by atoms with E-state index in [9.17, 15) is 4.79 Å². The third-order valence-electron chi connectivity index (χ3n) is 1.97. The number of fused-ring (bicyclic) bond motifs is 1. The summed E-state index contributed by atoms with van der Waals surface area (Å²) in [4.78, 5) is 15.6. The lowest BCUT2D eigenvalue weighted by molar-refractivity contribution is 0.0590. The van der Waals surface area contributed by atoms with Crippen molar-refractivity contribution in [1.82, 2.24) is 14.6 Å². The maximum absolute atomic E-state index is 11.4. The molecule has 0 aliphatic carbocycles. The summed E-state index contributed by atoms with van der Waals surface area (Å²) in [5.74, 6) is -0.146. The number of aromatic nitrogens is 3. The van der Waals surface area contributed by atoms with Crippen molar-refractivity contribution in [3.63, 3.8) is 0 Å². The minimum absolute atomic E-state index is 0.316. The molecule has 0 amide bonds. The number of nitrogens with zero attached hydrogens (tertiary/aromatic N) is 3. The van der Waals surface area contributed by atoms with Crippen molar-refractivity contribution < 1.29 is 9.53 Å². The number of rotatable bonds is 1. The number of hydrogen-bond acceptors (Lipinski definition) is 5. The Morgan fingerprint density at radius 2 is 2.27 bits per heavy atom. The van der Waals surface area contributed by atoms with Crippen LogP contribution >= 0.6 is 0 Å². The Labute approximate surface area is 85.7 Å². The minimum Gasteiger partial charge on any atom is -0.464 e. The quantitative estimate of drug-likeness (QED) is 0.683. The summed E-state index contributed by atoms with van der Waals surface area (Å²) in [6.45, 7) is 1.79. The van der Waals surface area contributed by atoms with Gasteiger partial charge in [0.2, 0.25) is 0 Å². The molecule has 0 atom stereocenters. The first kappa shape index (κ1) is 9.45. The number of aryl methyl sites for hydroxylation is 1. The molecule has 2 heterocycles. The van der Waals surface area contributed by atoms with Crippen LogP contribution in [0.15, 0.2) is 12.1 Å². The smallest absolute Gasteiger partial charge is 0.356 e. The van der Waals surface area contributed by atoms with Gasteiger partial charge in [-0.1, -0.05) is 0 Å². The monoisotopic (exact) mass is 206 g/mol. The third-order valence-corrected chi connectivity index (χ3v) is 1.97. The molecule has 2 aromatic rings. The van der Waals surface area contributed by atoms with Crippen molar-refractivity contribution in [2.75, 3.05) is 12.8 Å². The molecule has 2 N–H and O–H groups in total. The molecule has 2 rings (SSSR count). The number of esters is 1. The van der Waals surface area contributed by atoms with Crippen LogP contribution < -0.4 is 5.73 Å². The highest BCUT2D eigenvalue weighted by Crippen LogP contribution is 2.11. The van der Waals surface area contributed by atoms with Crippen LogP contribution in [0.5, 0.6) is 0 Å². The van der Waals surface area contributed by atoms with Gasteiger partial charge in [0.15, 0.2) is 11.3 Å². The fourth-order valence-electron chi connectivity index (χ4n) is 1.37. The zero-order chi connectivity index (χ0) is 11.0. The summed E-state index contributed by atoms with van der Waals surface area (Å²) in [5.41, 5.74) is 7.09. The van der Waals surface area contributed by atoms with E-state index in [4.69, 9.17) is 5.73 Å². The molecule has 15 heavy (non-hydrogen) atoms. The largest absolute Gasteiger partial charge is 0.464 e. The van der Waals surface area contributed by atoms with E-state index in [1.165, 1.54) is 11.6 Å². The van der Waals surface area contributed by atoms with Crippen LogP contribution in [0, 0.1) is 6.92 Å². The van der Waals surface area contributed by atoms with Gasteiger partial charge < -0.3 is 10.5 Å². The first-order valence-corrected chi connectivity index (χ1v) is 4.33. The highest BCUT2D eigenvalue weighted by atomic mass is 16.5. The molecule has 0 aromatic carbocycles. The first-order valence-electron chi connectivity index (χ1n) is 4.33. The maximum Gasteiger partial charge on any atom is 0.356 e. The van der Waals surface area contributed by atoms with Gasteiger partial charge >= 0.3 is 5.97 Å². The predicted molar refractivity (Wildman–Crippen MR) is 53.5 cm³/mol. The zero-order valence-corrected chi connectivity index (χ0v) is 8.39. The van der Waals surface area contributed by atoms with Crippen molar-refractivity contribution >= 4 is 17.4 Å². The van der Waals surface area contributed by atoms with Gasteiger partial charge in [-0.15, -0.1) is 5.10 Å². The molecule has 0 saturated heterocycles. The highest BCUT2D eigenvalue weighted by molar-refractivity contribution is 5.88. The number of anilines is 1. The molecular formula is C9H10N4O2. The minimum atomic E-state index is -0.464. The second kappa shape index (κ2) is 3.23. The van der Waals surface area contributed by atoms with Crippen LogP contribution in [0.2, 0.25) is 0 Å². The fourth-order valence-corrected chi connectivity index (χ4v) is 1.37. The van der Waals surface area contributed by atoms with Crippen molar-refractivity contribution in [2.45, 2.75) is 6.92 Å². The number of ether oxygens (including phenoxy) is 1. The van der Waals surface area contributed by atoms with Gasteiger partial charge in [-0.2, -0.15) is 0 Å². The molecule has 0 unspecified atom stereocenters. The standard InChI is InChI=1S/C9H10N4O2/c1-5-3-6(9(14)15-2)13-8(11-5)4-7(10)12-13/h3-4H,1-2H3,(H2,10,12). The number of methoxy groups -OCH3 is 1. The lowest BCUT2D eigenvalue weighted by Gasteiger charge is -2.02. The number of hydrogen-bond donors (Lipinski definition) is 1. The molecule has 0 aliphatic rings. The summed E-state index contributed by atoms with van der Waals surface area (Å²) < 4.78 is 6.01. The molecule has 0 aliphatic heterocycles. The fraction of sp³-hybridized carbons (Fsp3) is 0.222. The van der Waals surface area contributed by atoms with Crippen LogP contribution in [-0.4, -0.2) is 27.7 Å². The Morgan fingerprint density at radius 3 is 2.93 bits per heavy atom. The van der Waals surface area contributed by atoms with Crippen molar-refractivity contribution in [1.29, 1.82) is 0 Å². The Balaban J connectivity index is 2.75. The SMILES string of the molecule is COC(=O)c1cc(C)nc2cc(N)nn12. The summed E-state index contributed by atoms with van der Waals surface area (Å²) in [6.07, 6.45) is 0. The highest BCUT2D eigenvalue weighted by Gasteiger charge is 2.13. The van der Waals surface area contributed by atoms with E-state index < -0.39 is 5.97 Å². The van der Waals surface area contributed by atoms with Gasteiger partial charge in [0.1, 0.15) is 5.82 Å². The predicted octanol–water partition coefficient (Wildman–Crippen LogP) is 0.407. The van der Waals surface area contributed by atoms with Crippen molar-refractivity contribution in [3.8, 4) is 0 Å². The van der Waals surface area contributed by atoms with E-state index in [0.29, 0.717) is 22.9 Å². The summed E-state index contributed by atoms with van der Waals surface area (Å²) in [5, 5.41) is 3.95. The van der Waals surface area contributed by atoms with E-state index in [-0.39, 0.29) is 0 Å². The molecule has 0 saturated carbocycles. The second-order valence-electron chi connectivity index (χ2n) is 3.11. The average Bonchev–Trinajstić information content (AvgIpc) is 2.55. The molecule has 0 fully saturated rings. The molecule has 6 heteroatoms. The second-order valence-corrected chi connectivity index (χ2v) is 3.11. The Kier molecular flexibility index (Phi) is 2.03. The van der Waals surface area contributed by atoms with Gasteiger partial charge in [0, 0.05) is 11.8 Å². The van der Waals surface area contributed by atoms with Crippen molar-refractivity contribution in [2.24, 2.45) is 0 Å². The number of carbonyl (C=O) groups excluding carboxylic acids is 1. The van der Waals surface area contributed by atoms with Gasteiger partial charge in [-0.3, -0.25) is 0 Å². The Hall–Kier alpha value is -2.11. The Bertz CT molecular complexity index is 532. The van der Waals surface area contributed by atoms with Crippen molar-refractivity contribution in [3.05, 3.63) is 23.5 Å². The van der Waals surface area contributed by atoms with E-state index >= 15 is 0 Å². The molecule has 78 valence electrons. The maximum atomic E-state index is 11.4. The summed E-state index contributed by atoms with van der Waals surface area (Å²) in [6, 6.07) is 3.20. The van der Waals surface area contributed by atoms with Crippen LogP contribution in [0.4, 0.5) is 5.82 Å². The van der Waals surface area contributed by atoms with Crippen LogP contribution in [0.1, 0.15) is 16.2 Å². The van der Waals surface area contributed by atoms with Gasteiger partial charge in [-0.25, -0.2) is 14.3 Å². The number of nitrogen functional groups attached to an aromatic ring is 1. The molecule has 0 radical (unpaired) electrons. The normalized spacial score (nSPS) is 10.5.